The van der Waals surface area contributed by atoms with E-state index >= 15 is 0 Å². The number of aromatic nitrogens is 4. The third-order valence-electron chi connectivity index (χ3n) is 2.69. The first-order valence-electron chi connectivity index (χ1n) is 6.00. The van der Waals surface area contributed by atoms with Crippen molar-refractivity contribution in [1.82, 2.24) is 19.5 Å². The van der Waals surface area contributed by atoms with Crippen LogP contribution in [0.3, 0.4) is 0 Å². The molecule has 0 bridgehead atoms. The topological polar surface area (TPSA) is 72.7 Å². The van der Waals surface area contributed by atoms with Crippen molar-refractivity contribution in [2.24, 2.45) is 0 Å². The van der Waals surface area contributed by atoms with E-state index in [1.54, 1.807) is 53.8 Å². The first-order chi connectivity index (χ1) is 9.83. The fourth-order valence-corrected chi connectivity index (χ4v) is 1.69. The maximum atomic E-state index is 12.0. The second-order valence-corrected chi connectivity index (χ2v) is 4.04. The van der Waals surface area contributed by atoms with E-state index in [1.807, 2.05) is 6.07 Å². The Hall–Kier alpha value is -3.02. The summed E-state index contributed by atoms with van der Waals surface area (Å²) >= 11 is 0. The minimum Gasteiger partial charge on any atom is -0.307 e. The highest BCUT2D eigenvalue weighted by Gasteiger charge is 2.07. The standard InChI is InChI=1S/C14H11N5O/c20-14(18-12-3-1-2-6-16-12)11-4-5-13(17-9-11)19-8-7-15-10-19/h1-10H,(H,16,18,20). The van der Waals surface area contributed by atoms with Crippen LogP contribution in [0.2, 0.25) is 0 Å². The van der Waals surface area contributed by atoms with Gasteiger partial charge in [0.05, 0.1) is 5.56 Å². The molecule has 3 aromatic rings. The Balaban J connectivity index is 1.76. The highest BCUT2D eigenvalue weighted by atomic mass is 16.1. The van der Waals surface area contributed by atoms with E-state index in [0.29, 0.717) is 17.2 Å². The van der Waals surface area contributed by atoms with Gasteiger partial charge >= 0.3 is 0 Å². The molecule has 0 saturated carbocycles. The maximum Gasteiger partial charge on any atom is 0.258 e. The molecule has 1 N–H and O–H groups in total. The molecule has 3 aromatic heterocycles. The van der Waals surface area contributed by atoms with Gasteiger partial charge in [-0.05, 0) is 24.3 Å². The van der Waals surface area contributed by atoms with E-state index in [-0.39, 0.29) is 5.91 Å². The molecule has 20 heavy (non-hydrogen) atoms. The number of carbonyl (C=O) groups excluding carboxylic acids is 1. The normalized spacial score (nSPS) is 10.2. The Morgan fingerprint density at radius 3 is 2.70 bits per heavy atom. The van der Waals surface area contributed by atoms with Gasteiger partial charge in [-0.3, -0.25) is 9.36 Å². The van der Waals surface area contributed by atoms with Crippen molar-refractivity contribution in [3.63, 3.8) is 0 Å². The van der Waals surface area contributed by atoms with E-state index in [2.05, 4.69) is 20.3 Å². The lowest BCUT2D eigenvalue weighted by Gasteiger charge is -2.05. The van der Waals surface area contributed by atoms with Crippen LogP contribution in [-0.2, 0) is 0 Å². The fraction of sp³-hybridized carbons (Fsp3) is 0. The molecule has 0 saturated heterocycles. The SMILES string of the molecule is O=C(Nc1ccccn1)c1ccc(-n2ccnc2)nc1. The number of hydrogen-bond donors (Lipinski definition) is 1. The van der Waals surface area contributed by atoms with Crippen LogP contribution >= 0.6 is 0 Å². The summed E-state index contributed by atoms with van der Waals surface area (Å²) in [6.45, 7) is 0. The van der Waals surface area contributed by atoms with Crippen molar-refractivity contribution in [2.75, 3.05) is 5.32 Å². The zero-order valence-electron chi connectivity index (χ0n) is 10.5. The number of carbonyl (C=O) groups is 1. The average molecular weight is 265 g/mol. The van der Waals surface area contributed by atoms with Gasteiger partial charge < -0.3 is 5.32 Å². The Morgan fingerprint density at radius 2 is 2.05 bits per heavy atom. The number of nitrogens with zero attached hydrogens (tertiary/aromatic N) is 4. The Bertz CT molecular complexity index is 692. The van der Waals surface area contributed by atoms with Crippen LogP contribution in [0.5, 0.6) is 0 Å². The number of nitrogens with one attached hydrogen (secondary N) is 1. The molecule has 0 atom stereocenters. The van der Waals surface area contributed by atoms with E-state index < -0.39 is 0 Å². The lowest BCUT2D eigenvalue weighted by Crippen LogP contribution is -2.13. The number of hydrogen-bond acceptors (Lipinski definition) is 4. The molecule has 0 fully saturated rings. The quantitative estimate of drug-likeness (QED) is 0.785. The van der Waals surface area contributed by atoms with E-state index in [1.165, 1.54) is 6.20 Å². The van der Waals surface area contributed by atoms with Crippen LogP contribution in [-0.4, -0.2) is 25.4 Å². The van der Waals surface area contributed by atoms with Gasteiger partial charge in [-0.25, -0.2) is 15.0 Å². The third kappa shape index (κ3) is 2.54. The molecule has 98 valence electrons. The highest BCUT2D eigenvalue weighted by molar-refractivity contribution is 6.03. The summed E-state index contributed by atoms with van der Waals surface area (Å²) in [5.74, 6) is 0.974. The molecule has 3 heterocycles. The minimum atomic E-state index is -0.242. The van der Waals surface area contributed by atoms with Crippen LogP contribution < -0.4 is 5.32 Å². The predicted molar refractivity (Wildman–Crippen MR) is 73.5 cm³/mol. The van der Waals surface area contributed by atoms with E-state index in [4.69, 9.17) is 0 Å². The lowest BCUT2D eigenvalue weighted by molar-refractivity contribution is 0.102. The third-order valence-corrected chi connectivity index (χ3v) is 2.69. The minimum absolute atomic E-state index is 0.242. The van der Waals surface area contributed by atoms with Gasteiger partial charge in [-0.2, -0.15) is 0 Å². The number of amides is 1. The van der Waals surface area contributed by atoms with Crippen molar-refractivity contribution < 1.29 is 4.79 Å². The molecule has 0 aliphatic carbocycles. The Labute approximate surface area is 115 Å². The molecular weight excluding hydrogens is 254 g/mol. The first kappa shape index (κ1) is 12.0. The summed E-state index contributed by atoms with van der Waals surface area (Å²) in [5, 5.41) is 2.70. The molecule has 0 unspecified atom stereocenters. The number of rotatable bonds is 3. The predicted octanol–water partition coefficient (Wildman–Crippen LogP) is 1.91. The molecule has 0 spiro atoms. The summed E-state index contributed by atoms with van der Waals surface area (Å²) in [7, 11) is 0. The number of anilines is 1. The smallest absolute Gasteiger partial charge is 0.258 e. The molecule has 0 aliphatic rings. The van der Waals surface area contributed by atoms with Gasteiger partial charge in [0.25, 0.3) is 5.91 Å². The van der Waals surface area contributed by atoms with Crippen molar-refractivity contribution in [1.29, 1.82) is 0 Å². The molecule has 0 aromatic carbocycles. The zero-order chi connectivity index (χ0) is 13.8. The first-order valence-corrected chi connectivity index (χ1v) is 6.00. The molecule has 6 nitrogen and oxygen atoms in total. The fourth-order valence-electron chi connectivity index (χ4n) is 1.69. The summed E-state index contributed by atoms with van der Waals surface area (Å²) < 4.78 is 1.76. The monoisotopic (exact) mass is 265 g/mol. The van der Waals surface area contributed by atoms with Crippen LogP contribution in [0.4, 0.5) is 5.82 Å². The molecular formula is C14H11N5O. The second kappa shape index (κ2) is 5.31. The summed E-state index contributed by atoms with van der Waals surface area (Å²) in [6, 6.07) is 8.79. The van der Waals surface area contributed by atoms with Gasteiger partial charge in [0.15, 0.2) is 0 Å². The summed E-state index contributed by atoms with van der Waals surface area (Å²) in [5.41, 5.74) is 0.472. The number of imidazole rings is 1. The van der Waals surface area contributed by atoms with Crippen LogP contribution in [0.15, 0.2) is 61.4 Å². The van der Waals surface area contributed by atoms with Gasteiger partial charge in [0.1, 0.15) is 18.0 Å². The van der Waals surface area contributed by atoms with Crippen molar-refractivity contribution in [3.05, 3.63) is 67.0 Å². The van der Waals surface area contributed by atoms with Crippen molar-refractivity contribution in [3.8, 4) is 5.82 Å². The Morgan fingerprint density at radius 1 is 1.10 bits per heavy atom. The zero-order valence-corrected chi connectivity index (χ0v) is 10.5. The number of pyridine rings is 2. The van der Waals surface area contributed by atoms with Gasteiger partial charge in [-0.15, -0.1) is 0 Å². The molecule has 0 radical (unpaired) electrons. The van der Waals surface area contributed by atoms with Crippen molar-refractivity contribution in [2.45, 2.75) is 0 Å². The summed E-state index contributed by atoms with van der Waals surface area (Å²) in [4.78, 5) is 24.2. The molecule has 0 aliphatic heterocycles. The largest absolute Gasteiger partial charge is 0.307 e. The lowest BCUT2D eigenvalue weighted by atomic mass is 10.2. The second-order valence-electron chi connectivity index (χ2n) is 4.04. The van der Waals surface area contributed by atoms with Gasteiger partial charge in [0.2, 0.25) is 0 Å². The van der Waals surface area contributed by atoms with Crippen LogP contribution in [0.25, 0.3) is 5.82 Å². The van der Waals surface area contributed by atoms with Crippen LogP contribution in [0, 0.1) is 0 Å². The molecule has 1 amide bonds. The summed E-state index contributed by atoms with van der Waals surface area (Å²) in [6.07, 6.45) is 8.25. The van der Waals surface area contributed by atoms with E-state index in [9.17, 15) is 4.79 Å². The highest BCUT2D eigenvalue weighted by Crippen LogP contribution is 2.08. The maximum absolute atomic E-state index is 12.0. The van der Waals surface area contributed by atoms with Crippen LogP contribution in [0.1, 0.15) is 10.4 Å². The van der Waals surface area contributed by atoms with Crippen molar-refractivity contribution >= 4 is 11.7 Å². The Kier molecular flexibility index (Phi) is 3.20. The molecule has 6 heteroatoms. The molecule has 3 rings (SSSR count). The van der Waals surface area contributed by atoms with Gasteiger partial charge in [-0.1, -0.05) is 6.07 Å². The average Bonchev–Trinajstić information content (AvgIpc) is 3.03. The van der Waals surface area contributed by atoms with E-state index in [0.717, 1.165) is 0 Å². The van der Waals surface area contributed by atoms with Gasteiger partial charge in [0, 0.05) is 24.8 Å².